The summed E-state index contributed by atoms with van der Waals surface area (Å²) in [6.07, 6.45) is 0. The number of anilines is 2. The Morgan fingerprint density at radius 2 is 1.46 bits per heavy atom. The topological polar surface area (TPSA) is 99.7 Å². The number of para-hydroxylation sites is 2. The van der Waals surface area contributed by atoms with Crippen molar-refractivity contribution in [1.82, 2.24) is 0 Å². The molecule has 2 N–H and O–H groups in total. The first-order valence-corrected chi connectivity index (χ1v) is 8.77. The van der Waals surface area contributed by atoms with E-state index < -0.39 is 22.8 Å². The molecule has 0 saturated carbocycles. The fourth-order valence-corrected chi connectivity index (χ4v) is 4.92. The quantitative estimate of drug-likeness (QED) is 0.755. The van der Waals surface area contributed by atoms with E-state index in [9.17, 15) is 14.9 Å². The molecule has 138 valence electrons. The molecule has 0 radical (unpaired) electrons. The Labute approximate surface area is 161 Å². The lowest BCUT2D eigenvalue weighted by Crippen LogP contribution is -2.58. The third-order valence-electron chi connectivity index (χ3n) is 6.07. The molecule has 0 aromatic heterocycles. The number of nitrogens with zero attached hydrogens (tertiary/aromatic N) is 3. The molecule has 3 heterocycles. The monoisotopic (exact) mass is 372 g/mol. The molecule has 3 aliphatic rings. The lowest BCUT2D eigenvalue weighted by Gasteiger charge is -2.37. The summed E-state index contributed by atoms with van der Waals surface area (Å²) in [6, 6.07) is 16.3. The lowest BCUT2D eigenvalue weighted by atomic mass is 9.62. The van der Waals surface area contributed by atoms with Gasteiger partial charge in [0, 0.05) is 30.9 Å². The molecule has 7 nitrogen and oxygen atoms in total. The van der Waals surface area contributed by atoms with Crippen LogP contribution in [0.1, 0.15) is 11.1 Å². The van der Waals surface area contributed by atoms with Gasteiger partial charge in [0.15, 0.2) is 5.41 Å². The van der Waals surface area contributed by atoms with Gasteiger partial charge in [-0.1, -0.05) is 36.4 Å². The summed E-state index contributed by atoms with van der Waals surface area (Å²) < 4.78 is 6.03. The van der Waals surface area contributed by atoms with E-state index in [1.165, 1.54) is 9.80 Å². The molecular weight excluding hydrogens is 356 g/mol. The zero-order valence-electron chi connectivity index (χ0n) is 15.3. The predicted molar refractivity (Wildman–Crippen MR) is 101 cm³/mol. The van der Waals surface area contributed by atoms with Gasteiger partial charge in [-0.25, -0.2) is 0 Å². The van der Waals surface area contributed by atoms with Gasteiger partial charge in [-0.2, -0.15) is 5.26 Å². The van der Waals surface area contributed by atoms with E-state index in [0.29, 0.717) is 22.5 Å². The fourth-order valence-electron chi connectivity index (χ4n) is 4.92. The van der Waals surface area contributed by atoms with Crippen molar-refractivity contribution in [3.8, 4) is 6.07 Å². The van der Waals surface area contributed by atoms with Crippen molar-refractivity contribution in [1.29, 1.82) is 5.26 Å². The van der Waals surface area contributed by atoms with E-state index in [4.69, 9.17) is 10.5 Å². The minimum atomic E-state index is -1.76. The summed E-state index contributed by atoms with van der Waals surface area (Å²) in [7, 11) is 3.25. The Balaban J connectivity index is 1.97. The minimum Gasteiger partial charge on any atom is -0.455 e. The number of ether oxygens (including phenoxy) is 1. The number of hydrogen-bond acceptors (Lipinski definition) is 5. The van der Waals surface area contributed by atoms with Gasteiger partial charge in [0.05, 0.1) is 5.69 Å². The van der Waals surface area contributed by atoms with Crippen molar-refractivity contribution in [2.45, 2.75) is 11.0 Å². The molecule has 3 aliphatic heterocycles. The molecule has 0 fully saturated rings. The number of carbonyl (C=O) groups is 2. The van der Waals surface area contributed by atoms with Gasteiger partial charge in [0.25, 0.3) is 5.91 Å². The Morgan fingerprint density at radius 3 is 2.11 bits per heavy atom. The summed E-state index contributed by atoms with van der Waals surface area (Å²) in [6.45, 7) is 0. The standard InChI is InChI=1S/C21H16N4O3/c1-24-15-9-5-3-7-12(15)20(18(24)26)14(11-22)17(23)28-21(20)13-8-4-6-10-16(13)25(2)19(21)27/h3-10H,23H2,1-2H3. The normalized spacial score (nSPS) is 27.5. The molecule has 0 bridgehead atoms. The van der Waals surface area contributed by atoms with Crippen molar-refractivity contribution in [2.24, 2.45) is 5.73 Å². The van der Waals surface area contributed by atoms with Crippen molar-refractivity contribution in [3.63, 3.8) is 0 Å². The van der Waals surface area contributed by atoms with Gasteiger partial charge in [-0.3, -0.25) is 9.59 Å². The molecule has 7 heteroatoms. The number of rotatable bonds is 0. The van der Waals surface area contributed by atoms with E-state index in [1.54, 1.807) is 56.6 Å². The van der Waals surface area contributed by atoms with Crippen LogP contribution in [0, 0.1) is 11.3 Å². The Morgan fingerprint density at radius 1 is 0.929 bits per heavy atom. The molecule has 0 saturated heterocycles. The fraction of sp³-hybridized carbons (Fsp3) is 0.190. The number of nitrogens with two attached hydrogens (primary N) is 1. The molecule has 2 atom stereocenters. The predicted octanol–water partition coefficient (Wildman–Crippen LogP) is 1.50. The summed E-state index contributed by atoms with van der Waals surface area (Å²) in [5.41, 5.74) is 4.97. The molecule has 5 rings (SSSR count). The van der Waals surface area contributed by atoms with Crippen LogP contribution in [-0.4, -0.2) is 25.9 Å². The highest BCUT2D eigenvalue weighted by molar-refractivity contribution is 6.20. The summed E-state index contributed by atoms with van der Waals surface area (Å²) in [5.74, 6) is -1.04. The molecule has 2 spiro atoms. The van der Waals surface area contributed by atoms with Crippen LogP contribution in [0.3, 0.4) is 0 Å². The molecular formula is C21H16N4O3. The first-order valence-electron chi connectivity index (χ1n) is 8.77. The molecule has 2 amide bonds. The van der Waals surface area contributed by atoms with Crippen LogP contribution in [0.4, 0.5) is 11.4 Å². The van der Waals surface area contributed by atoms with Crippen molar-refractivity contribution >= 4 is 23.2 Å². The molecule has 2 aromatic rings. The zero-order valence-corrected chi connectivity index (χ0v) is 15.3. The SMILES string of the molecule is CN1C(=O)C2(OC(N)=C(C#N)C23C(=O)N(C)c2ccccc23)c2ccccc21. The van der Waals surface area contributed by atoms with E-state index >= 15 is 0 Å². The average Bonchev–Trinajstić information content (AvgIpc) is 3.20. The number of hydrogen-bond donors (Lipinski definition) is 1. The van der Waals surface area contributed by atoms with E-state index in [-0.39, 0.29) is 11.5 Å². The number of nitriles is 1. The van der Waals surface area contributed by atoms with Crippen molar-refractivity contribution in [3.05, 3.63) is 71.1 Å². The number of carbonyl (C=O) groups excluding carboxylic acids is 2. The largest absolute Gasteiger partial charge is 0.455 e. The zero-order chi connectivity index (χ0) is 19.8. The number of benzene rings is 2. The van der Waals surface area contributed by atoms with Crippen LogP contribution in [-0.2, 0) is 25.3 Å². The van der Waals surface area contributed by atoms with Crippen molar-refractivity contribution < 1.29 is 14.3 Å². The van der Waals surface area contributed by atoms with E-state index in [0.717, 1.165) is 0 Å². The second-order valence-electron chi connectivity index (χ2n) is 7.15. The highest BCUT2D eigenvalue weighted by Crippen LogP contribution is 2.64. The first kappa shape index (κ1) is 16.4. The molecule has 2 aromatic carbocycles. The number of likely N-dealkylation sites (N-methyl/N-ethyl adjacent to an activating group) is 2. The second-order valence-corrected chi connectivity index (χ2v) is 7.15. The van der Waals surface area contributed by atoms with Crippen LogP contribution in [0.2, 0.25) is 0 Å². The van der Waals surface area contributed by atoms with Gasteiger partial charge in [0.1, 0.15) is 11.6 Å². The highest BCUT2D eigenvalue weighted by atomic mass is 16.5. The van der Waals surface area contributed by atoms with Gasteiger partial charge >= 0.3 is 0 Å². The summed E-state index contributed by atoms with van der Waals surface area (Å²) in [5, 5.41) is 9.97. The maximum absolute atomic E-state index is 13.8. The number of amides is 2. The number of fused-ring (bicyclic) bond motifs is 5. The van der Waals surface area contributed by atoms with Crippen LogP contribution >= 0.6 is 0 Å². The smallest absolute Gasteiger partial charge is 0.277 e. The van der Waals surface area contributed by atoms with Gasteiger partial charge in [0.2, 0.25) is 17.4 Å². The lowest BCUT2D eigenvalue weighted by molar-refractivity contribution is -0.148. The second kappa shape index (κ2) is 4.93. The summed E-state index contributed by atoms with van der Waals surface area (Å²) in [4.78, 5) is 30.3. The Hall–Kier alpha value is -3.79. The van der Waals surface area contributed by atoms with Crippen molar-refractivity contribution in [2.75, 3.05) is 23.9 Å². The van der Waals surface area contributed by atoms with Crippen LogP contribution in [0.25, 0.3) is 0 Å². The van der Waals surface area contributed by atoms with Crippen LogP contribution in [0.15, 0.2) is 60.0 Å². The molecule has 2 unspecified atom stereocenters. The van der Waals surface area contributed by atoms with Crippen LogP contribution < -0.4 is 15.5 Å². The third-order valence-corrected chi connectivity index (χ3v) is 6.07. The Bertz CT molecular complexity index is 1160. The third kappa shape index (κ3) is 1.41. The van der Waals surface area contributed by atoms with E-state index in [2.05, 4.69) is 6.07 Å². The van der Waals surface area contributed by atoms with Gasteiger partial charge in [-0.05, 0) is 12.1 Å². The molecule has 0 aliphatic carbocycles. The van der Waals surface area contributed by atoms with Gasteiger partial charge < -0.3 is 20.3 Å². The molecule has 28 heavy (non-hydrogen) atoms. The minimum absolute atomic E-state index is 0.0345. The summed E-state index contributed by atoms with van der Waals surface area (Å²) >= 11 is 0. The van der Waals surface area contributed by atoms with Gasteiger partial charge in [-0.15, -0.1) is 0 Å². The maximum Gasteiger partial charge on any atom is 0.277 e. The maximum atomic E-state index is 13.8. The first-order chi connectivity index (χ1) is 13.4. The van der Waals surface area contributed by atoms with E-state index in [1.807, 2.05) is 6.07 Å². The Kier molecular flexibility index (Phi) is 2.88. The highest BCUT2D eigenvalue weighted by Gasteiger charge is 2.77. The average molecular weight is 372 g/mol. The van der Waals surface area contributed by atoms with Crippen LogP contribution in [0.5, 0.6) is 0 Å².